The van der Waals surface area contributed by atoms with E-state index in [-0.39, 0.29) is 5.91 Å². The highest BCUT2D eigenvalue weighted by Crippen LogP contribution is 2.28. The number of aryl methyl sites for hydroxylation is 1. The lowest BCUT2D eigenvalue weighted by molar-refractivity contribution is 0.102. The van der Waals surface area contributed by atoms with Gasteiger partial charge in [0.25, 0.3) is 5.91 Å². The normalized spacial score (nSPS) is 10.8. The van der Waals surface area contributed by atoms with E-state index in [9.17, 15) is 4.79 Å². The summed E-state index contributed by atoms with van der Waals surface area (Å²) in [4.78, 5) is 17.1. The maximum atomic E-state index is 12.5. The molecular weight excluding hydrogens is 344 g/mol. The van der Waals surface area contributed by atoms with Crippen LogP contribution in [0.1, 0.15) is 28.7 Å². The standard InChI is InChI=1S/C18H17ClN2O2S/c1-3-4-17-21-14-7-6-12(10-16(14)24-17)20-18(22)13-9-11(19)5-8-15(13)23-2/h5-10H,3-4H2,1-2H3,(H,20,22). The van der Waals surface area contributed by atoms with Crippen molar-refractivity contribution in [2.75, 3.05) is 12.4 Å². The number of rotatable bonds is 5. The number of fused-ring (bicyclic) bond motifs is 1. The van der Waals surface area contributed by atoms with Gasteiger partial charge in [0, 0.05) is 10.7 Å². The van der Waals surface area contributed by atoms with E-state index < -0.39 is 0 Å². The Morgan fingerprint density at radius 3 is 2.88 bits per heavy atom. The average Bonchev–Trinajstić information content (AvgIpc) is 2.96. The third kappa shape index (κ3) is 3.52. The Kier molecular flexibility index (Phi) is 5.02. The molecule has 24 heavy (non-hydrogen) atoms. The van der Waals surface area contributed by atoms with Gasteiger partial charge in [0.1, 0.15) is 5.75 Å². The Labute approximate surface area is 149 Å². The Morgan fingerprint density at radius 2 is 2.12 bits per heavy atom. The number of ether oxygens (including phenoxy) is 1. The first-order valence-electron chi connectivity index (χ1n) is 7.65. The third-order valence-corrected chi connectivity index (χ3v) is 4.87. The van der Waals surface area contributed by atoms with Gasteiger partial charge < -0.3 is 10.1 Å². The van der Waals surface area contributed by atoms with Gasteiger partial charge in [-0.05, 0) is 49.2 Å². The van der Waals surface area contributed by atoms with Crippen molar-refractivity contribution in [3.63, 3.8) is 0 Å². The summed E-state index contributed by atoms with van der Waals surface area (Å²) in [6.07, 6.45) is 2.04. The van der Waals surface area contributed by atoms with Crippen LogP contribution >= 0.6 is 22.9 Å². The molecule has 1 heterocycles. The number of hydrogen-bond acceptors (Lipinski definition) is 4. The second kappa shape index (κ2) is 7.20. The average molecular weight is 361 g/mol. The molecule has 0 aliphatic heterocycles. The van der Waals surface area contributed by atoms with Crippen molar-refractivity contribution in [3.05, 3.63) is 52.0 Å². The molecule has 0 saturated carbocycles. The molecule has 6 heteroatoms. The molecule has 3 aromatic rings. The smallest absolute Gasteiger partial charge is 0.259 e. The molecule has 0 saturated heterocycles. The highest BCUT2D eigenvalue weighted by molar-refractivity contribution is 7.18. The zero-order valence-electron chi connectivity index (χ0n) is 13.4. The fraction of sp³-hybridized carbons (Fsp3) is 0.222. The Hall–Kier alpha value is -2.11. The number of halogens is 1. The maximum absolute atomic E-state index is 12.5. The summed E-state index contributed by atoms with van der Waals surface area (Å²) in [6, 6.07) is 10.7. The lowest BCUT2D eigenvalue weighted by Gasteiger charge is -2.09. The number of hydrogen-bond donors (Lipinski definition) is 1. The number of nitrogens with one attached hydrogen (secondary N) is 1. The molecule has 0 fully saturated rings. The minimum absolute atomic E-state index is 0.257. The van der Waals surface area contributed by atoms with Gasteiger partial charge in [-0.3, -0.25) is 4.79 Å². The molecule has 3 rings (SSSR count). The minimum Gasteiger partial charge on any atom is -0.496 e. The van der Waals surface area contributed by atoms with Crippen molar-refractivity contribution in [3.8, 4) is 5.75 Å². The number of methoxy groups -OCH3 is 1. The Balaban J connectivity index is 1.86. The van der Waals surface area contributed by atoms with Gasteiger partial charge in [0.2, 0.25) is 0 Å². The van der Waals surface area contributed by atoms with E-state index in [2.05, 4.69) is 17.2 Å². The van der Waals surface area contributed by atoms with Crippen LogP contribution in [0, 0.1) is 0 Å². The predicted octanol–water partition coefficient (Wildman–Crippen LogP) is 5.16. The van der Waals surface area contributed by atoms with Crippen LogP contribution in [-0.4, -0.2) is 18.0 Å². The lowest BCUT2D eigenvalue weighted by Crippen LogP contribution is -2.13. The molecule has 2 aromatic carbocycles. The van der Waals surface area contributed by atoms with Crippen LogP contribution in [0.2, 0.25) is 5.02 Å². The molecule has 1 amide bonds. The Bertz CT molecular complexity index is 892. The van der Waals surface area contributed by atoms with Gasteiger partial charge in [-0.25, -0.2) is 4.98 Å². The van der Waals surface area contributed by atoms with Crippen LogP contribution < -0.4 is 10.1 Å². The summed E-state index contributed by atoms with van der Waals surface area (Å²) in [5.41, 5.74) is 2.09. The number of nitrogens with zero attached hydrogens (tertiary/aromatic N) is 1. The molecule has 0 radical (unpaired) electrons. The molecule has 0 spiro atoms. The van der Waals surface area contributed by atoms with E-state index in [0.29, 0.717) is 16.3 Å². The van der Waals surface area contributed by atoms with E-state index in [1.165, 1.54) is 7.11 Å². The van der Waals surface area contributed by atoms with Gasteiger partial charge in [0.05, 0.1) is 27.9 Å². The molecule has 124 valence electrons. The summed E-state index contributed by atoms with van der Waals surface area (Å²) in [6.45, 7) is 2.14. The van der Waals surface area contributed by atoms with Gasteiger partial charge in [-0.2, -0.15) is 0 Å². The largest absolute Gasteiger partial charge is 0.496 e. The van der Waals surface area contributed by atoms with Crippen molar-refractivity contribution in [2.24, 2.45) is 0 Å². The van der Waals surface area contributed by atoms with E-state index in [0.717, 1.165) is 33.8 Å². The van der Waals surface area contributed by atoms with Crippen LogP contribution in [0.4, 0.5) is 5.69 Å². The highest BCUT2D eigenvalue weighted by Gasteiger charge is 2.14. The van der Waals surface area contributed by atoms with Gasteiger partial charge in [-0.15, -0.1) is 11.3 Å². The van der Waals surface area contributed by atoms with Crippen molar-refractivity contribution in [2.45, 2.75) is 19.8 Å². The van der Waals surface area contributed by atoms with Crippen LogP contribution in [-0.2, 0) is 6.42 Å². The predicted molar refractivity (Wildman–Crippen MR) is 99.6 cm³/mol. The first kappa shape index (κ1) is 16.7. The number of anilines is 1. The highest BCUT2D eigenvalue weighted by atomic mass is 35.5. The first-order chi connectivity index (χ1) is 11.6. The number of carbonyl (C=O) groups excluding carboxylic acids is 1. The van der Waals surface area contributed by atoms with Crippen molar-refractivity contribution < 1.29 is 9.53 Å². The molecule has 1 N–H and O–H groups in total. The monoisotopic (exact) mass is 360 g/mol. The SMILES string of the molecule is CCCc1nc2ccc(NC(=O)c3cc(Cl)ccc3OC)cc2s1. The Morgan fingerprint density at radius 1 is 1.29 bits per heavy atom. The number of amides is 1. The minimum atomic E-state index is -0.257. The fourth-order valence-corrected chi connectivity index (χ4v) is 3.71. The molecular formula is C18H17ClN2O2S. The summed E-state index contributed by atoms with van der Waals surface area (Å²) < 4.78 is 6.30. The zero-order chi connectivity index (χ0) is 17.1. The van der Waals surface area contributed by atoms with Gasteiger partial charge in [-0.1, -0.05) is 18.5 Å². The van der Waals surface area contributed by atoms with E-state index in [1.54, 1.807) is 29.5 Å². The van der Waals surface area contributed by atoms with Crippen LogP contribution in [0.3, 0.4) is 0 Å². The van der Waals surface area contributed by atoms with E-state index in [4.69, 9.17) is 16.3 Å². The summed E-state index contributed by atoms with van der Waals surface area (Å²) in [5.74, 6) is 0.230. The number of thiazole rings is 1. The second-order valence-electron chi connectivity index (χ2n) is 5.34. The van der Waals surface area contributed by atoms with Crippen LogP contribution in [0.15, 0.2) is 36.4 Å². The lowest BCUT2D eigenvalue weighted by atomic mass is 10.2. The number of aromatic nitrogens is 1. The summed E-state index contributed by atoms with van der Waals surface area (Å²) in [5, 5.41) is 4.50. The van der Waals surface area contributed by atoms with Crippen molar-refractivity contribution in [1.29, 1.82) is 0 Å². The van der Waals surface area contributed by atoms with Crippen molar-refractivity contribution >= 4 is 44.7 Å². The van der Waals surface area contributed by atoms with Crippen LogP contribution in [0.5, 0.6) is 5.75 Å². The van der Waals surface area contributed by atoms with Crippen molar-refractivity contribution in [1.82, 2.24) is 4.98 Å². The fourth-order valence-electron chi connectivity index (χ4n) is 2.43. The van der Waals surface area contributed by atoms with E-state index >= 15 is 0 Å². The molecule has 0 aliphatic carbocycles. The first-order valence-corrected chi connectivity index (χ1v) is 8.84. The molecule has 4 nitrogen and oxygen atoms in total. The van der Waals surface area contributed by atoms with E-state index in [1.807, 2.05) is 18.2 Å². The maximum Gasteiger partial charge on any atom is 0.259 e. The number of benzene rings is 2. The van der Waals surface area contributed by atoms with Gasteiger partial charge >= 0.3 is 0 Å². The third-order valence-electron chi connectivity index (χ3n) is 3.56. The zero-order valence-corrected chi connectivity index (χ0v) is 15.0. The molecule has 0 atom stereocenters. The molecule has 0 aliphatic rings. The summed E-state index contributed by atoms with van der Waals surface area (Å²) >= 11 is 7.65. The number of carbonyl (C=O) groups is 1. The topological polar surface area (TPSA) is 51.2 Å². The van der Waals surface area contributed by atoms with Crippen LogP contribution in [0.25, 0.3) is 10.2 Å². The molecule has 1 aromatic heterocycles. The van der Waals surface area contributed by atoms with Gasteiger partial charge in [0.15, 0.2) is 0 Å². The quantitative estimate of drug-likeness (QED) is 0.683. The molecule has 0 unspecified atom stereocenters. The second-order valence-corrected chi connectivity index (χ2v) is 6.89. The summed E-state index contributed by atoms with van der Waals surface area (Å²) in [7, 11) is 1.53. The molecule has 0 bridgehead atoms.